The van der Waals surface area contributed by atoms with E-state index in [-0.39, 0.29) is 5.41 Å². The van der Waals surface area contributed by atoms with E-state index in [1.165, 1.54) is 38.5 Å². The minimum absolute atomic E-state index is 0.0844. The van der Waals surface area contributed by atoms with Gasteiger partial charge in [0.05, 0.1) is 16.7 Å². The molecular weight excluding hydrogens is 465 g/mol. The molecule has 38 heavy (non-hydrogen) atoms. The van der Waals surface area contributed by atoms with Crippen LogP contribution < -0.4 is 5.46 Å². The molecule has 0 spiro atoms. The smallest absolute Gasteiger partial charge is 0.324 e. The largest absolute Gasteiger partial charge is 0.454 e. The summed E-state index contributed by atoms with van der Waals surface area (Å²) in [6, 6.07) is 34.6. The number of hydrogen-bond acceptors (Lipinski definition) is 2. The zero-order chi connectivity index (χ0) is 25.8. The number of hydrogen-bond donors (Lipinski definition) is 1. The van der Waals surface area contributed by atoms with Gasteiger partial charge in [0.15, 0.2) is 5.58 Å². The van der Waals surface area contributed by atoms with Crippen LogP contribution in [0.1, 0.15) is 25.0 Å². The van der Waals surface area contributed by atoms with Crippen LogP contribution in [-0.2, 0) is 5.41 Å². The molecule has 0 saturated carbocycles. The van der Waals surface area contributed by atoms with Crippen LogP contribution in [0.2, 0.25) is 6.82 Å². The van der Waals surface area contributed by atoms with Crippen LogP contribution in [0.4, 0.5) is 0 Å². The predicted molar refractivity (Wildman–Crippen MR) is 159 cm³/mol. The fraction of sp³-hybridized carbons (Fsp3) is 0.118. The number of rotatable bonds is 2. The number of nitrogens with zero attached hydrogens (tertiary/aromatic N) is 1. The molecule has 182 valence electrons. The van der Waals surface area contributed by atoms with E-state index in [0.29, 0.717) is 0 Å². The second kappa shape index (κ2) is 7.40. The van der Waals surface area contributed by atoms with Gasteiger partial charge in [-0.1, -0.05) is 93.5 Å². The molecule has 2 heterocycles. The van der Waals surface area contributed by atoms with Gasteiger partial charge >= 0.3 is 6.92 Å². The van der Waals surface area contributed by atoms with Crippen molar-refractivity contribution in [3.8, 4) is 16.8 Å². The number of benzene rings is 5. The van der Waals surface area contributed by atoms with Crippen molar-refractivity contribution in [2.45, 2.75) is 26.1 Å². The third-order valence-electron chi connectivity index (χ3n) is 8.60. The van der Waals surface area contributed by atoms with E-state index in [2.05, 4.69) is 103 Å². The second-order valence-corrected chi connectivity index (χ2v) is 11.1. The van der Waals surface area contributed by atoms with Gasteiger partial charge in [0.2, 0.25) is 0 Å². The minimum atomic E-state index is -0.609. The Kier molecular flexibility index (Phi) is 4.24. The van der Waals surface area contributed by atoms with Crippen molar-refractivity contribution in [2.75, 3.05) is 0 Å². The third kappa shape index (κ3) is 2.68. The van der Waals surface area contributed by atoms with Crippen molar-refractivity contribution < 1.29 is 9.44 Å². The molecule has 3 nitrogen and oxygen atoms in total. The lowest BCUT2D eigenvalue weighted by molar-refractivity contribution is 0.592. The zero-order valence-electron chi connectivity index (χ0n) is 21.6. The zero-order valence-corrected chi connectivity index (χ0v) is 21.6. The monoisotopic (exact) mass is 491 g/mol. The van der Waals surface area contributed by atoms with Crippen molar-refractivity contribution in [3.63, 3.8) is 0 Å². The lowest BCUT2D eigenvalue weighted by atomic mass is 9.64. The van der Waals surface area contributed by atoms with Gasteiger partial charge in [0.25, 0.3) is 0 Å². The van der Waals surface area contributed by atoms with Crippen LogP contribution in [0.5, 0.6) is 0 Å². The summed E-state index contributed by atoms with van der Waals surface area (Å²) in [5.74, 6) is 0. The van der Waals surface area contributed by atoms with Gasteiger partial charge in [-0.3, -0.25) is 0 Å². The first-order valence-electron chi connectivity index (χ1n) is 13.3. The standard InChI is InChI=1S/C34H26BNO2/c1-34(2)26-14-6-4-10-20(26)24-18-25-21-11-5-7-16-29(21)36(31(25)19-27(24)34)30-17-9-13-23-22-12-8-15-28(35(3)37)32(22)38-33(23)30/h4-19,37H,1-3H3. The summed E-state index contributed by atoms with van der Waals surface area (Å²) >= 11 is 0. The molecule has 0 amide bonds. The van der Waals surface area contributed by atoms with Gasteiger partial charge < -0.3 is 14.0 Å². The fourth-order valence-corrected chi connectivity index (χ4v) is 6.75. The van der Waals surface area contributed by atoms with Crippen LogP contribution >= 0.6 is 0 Å². The molecule has 0 atom stereocenters. The molecule has 0 unspecified atom stereocenters. The average molecular weight is 491 g/mol. The van der Waals surface area contributed by atoms with E-state index in [1.54, 1.807) is 6.82 Å². The van der Waals surface area contributed by atoms with E-state index >= 15 is 0 Å². The number of para-hydroxylation sites is 3. The Balaban J connectivity index is 1.51. The second-order valence-electron chi connectivity index (χ2n) is 11.1. The molecule has 4 heteroatoms. The molecule has 8 rings (SSSR count). The van der Waals surface area contributed by atoms with Crippen LogP contribution in [0, 0.1) is 0 Å². The minimum Gasteiger partial charge on any atom is -0.454 e. The highest BCUT2D eigenvalue weighted by Crippen LogP contribution is 2.51. The Bertz CT molecular complexity index is 2090. The fourth-order valence-electron chi connectivity index (χ4n) is 6.75. The van der Waals surface area contributed by atoms with Crippen molar-refractivity contribution in [3.05, 3.63) is 108 Å². The van der Waals surface area contributed by atoms with Gasteiger partial charge in [0, 0.05) is 27.0 Å². The summed E-state index contributed by atoms with van der Waals surface area (Å²) in [6.07, 6.45) is 0. The first-order valence-corrected chi connectivity index (χ1v) is 13.3. The van der Waals surface area contributed by atoms with Crippen LogP contribution in [0.25, 0.3) is 60.6 Å². The van der Waals surface area contributed by atoms with Gasteiger partial charge in [-0.15, -0.1) is 0 Å². The lowest BCUT2D eigenvalue weighted by Crippen LogP contribution is -2.26. The molecule has 7 aromatic rings. The maximum atomic E-state index is 10.4. The molecule has 1 aliphatic carbocycles. The Morgan fingerprint density at radius 3 is 2.21 bits per heavy atom. The van der Waals surface area contributed by atoms with Gasteiger partial charge in [-0.2, -0.15) is 0 Å². The Hall–Kier alpha value is -4.28. The van der Waals surface area contributed by atoms with E-state index in [4.69, 9.17) is 4.42 Å². The van der Waals surface area contributed by atoms with Crippen molar-refractivity contribution >= 4 is 56.1 Å². The summed E-state index contributed by atoms with van der Waals surface area (Å²) in [7, 11) is 0. The van der Waals surface area contributed by atoms with Gasteiger partial charge in [-0.05, 0) is 52.0 Å². The topological polar surface area (TPSA) is 38.3 Å². The lowest BCUT2D eigenvalue weighted by Gasteiger charge is -2.21. The summed E-state index contributed by atoms with van der Waals surface area (Å²) in [6.45, 7) is 5.83. The Morgan fingerprint density at radius 2 is 1.37 bits per heavy atom. The molecular formula is C34H26BNO2. The van der Waals surface area contributed by atoms with E-state index < -0.39 is 6.92 Å². The maximum absolute atomic E-state index is 10.4. The Morgan fingerprint density at radius 1 is 0.658 bits per heavy atom. The van der Waals surface area contributed by atoms with Crippen molar-refractivity contribution in [2.24, 2.45) is 0 Å². The first-order chi connectivity index (χ1) is 18.4. The summed E-state index contributed by atoms with van der Waals surface area (Å²) in [5, 5.41) is 15.0. The molecule has 0 bridgehead atoms. The summed E-state index contributed by atoms with van der Waals surface area (Å²) < 4.78 is 8.96. The van der Waals surface area contributed by atoms with Crippen molar-refractivity contribution in [1.29, 1.82) is 0 Å². The highest BCUT2D eigenvalue weighted by atomic mass is 16.3. The van der Waals surface area contributed by atoms with Crippen molar-refractivity contribution in [1.82, 2.24) is 4.57 Å². The molecule has 5 aromatic carbocycles. The molecule has 1 aliphatic rings. The van der Waals surface area contributed by atoms with Crippen LogP contribution in [0.15, 0.2) is 101 Å². The van der Waals surface area contributed by atoms with Crippen LogP contribution in [0.3, 0.4) is 0 Å². The quantitative estimate of drug-likeness (QED) is 0.251. The van der Waals surface area contributed by atoms with E-state index in [0.717, 1.165) is 38.6 Å². The van der Waals surface area contributed by atoms with Gasteiger partial charge in [0.1, 0.15) is 5.58 Å². The summed E-state index contributed by atoms with van der Waals surface area (Å²) in [4.78, 5) is 0. The number of furan rings is 1. The van der Waals surface area contributed by atoms with Gasteiger partial charge in [-0.25, -0.2) is 0 Å². The molecule has 0 aliphatic heterocycles. The maximum Gasteiger partial charge on any atom is 0.324 e. The SMILES string of the molecule is CB(O)c1cccc2c1oc1c(-n3c4ccccc4c4cc5c(cc43)C(C)(C)c3ccccc3-5)cccc12. The molecule has 0 saturated heterocycles. The Labute approximate surface area is 221 Å². The molecule has 1 N–H and O–H groups in total. The first kappa shape index (κ1) is 21.8. The van der Waals surface area contributed by atoms with E-state index in [9.17, 15) is 5.02 Å². The molecule has 0 radical (unpaired) electrons. The molecule has 2 aromatic heterocycles. The normalized spacial score (nSPS) is 14.0. The van der Waals surface area contributed by atoms with E-state index in [1.807, 2.05) is 12.1 Å². The summed E-state index contributed by atoms with van der Waals surface area (Å²) in [5.41, 5.74) is 11.0. The highest BCUT2D eigenvalue weighted by molar-refractivity contribution is 6.67. The molecule has 0 fully saturated rings. The van der Waals surface area contributed by atoms with Crippen LogP contribution in [-0.4, -0.2) is 16.5 Å². The number of fused-ring (bicyclic) bond motifs is 9. The highest BCUT2D eigenvalue weighted by Gasteiger charge is 2.36. The average Bonchev–Trinajstić information content (AvgIpc) is 3.54. The third-order valence-corrected chi connectivity index (χ3v) is 8.60. The number of aromatic nitrogens is 1. The predicted octanol–water partition coefficient (Wildman–Crippen LogP) is 7.81.